The highest BCUT2D eigenvalue weighted by atomic mass is 16.1. The topological polar surface area (TPSA) is 29.1 Å². The van der Waals surface area contributed by atoms with E-state index in [1.165, 1.54) is 0 Å². The Morgan fingerprint density at radius 2 is 2.11 bits per heavy atom. The second-order valence-corrected chi connectivity index (χ2v) is 1.48. The zero-order valence-electron chi connectivity index (χ0n) is 4.72. The van der Waals surface area contributed by atoms with Crippen LogP contribution in [0.2, 0.25) is 0 Å². The van der Waals surface area contributed by atoms with Crippen LogP contribution in [0.5, 0.6) is 0 Å². The highest BCUT2D eigenvalue weighted by Crippen LogP contribution is 2.00. The van der Waals surface area contributed by atoms with Crippen molar-refractivity contribution in [2.24, 2.45) is 0 Å². The molecule has 2 heteroatoms. The van der Waals surface area contributed by atoms with Crippen molar-refractivity contribution in [3.05, 3.63) is 30.3 Å². The Morgan fingerprint density at radius 1 is 1.44 bits per heavy atom. The van der Waals surface area contributed by atoms with Crippen LogP contribution < -0.4 is 5.32 Å². The van der Waals surface area contributed by atoms with Gasteiger partial charge in [0, 0.05) is 5.69 Å². The number of hydrogen-bond donors (Lipinski definition) is 1. The maximum Gasteiger partial charge on any atom is 0.211 e. The lowest BCUT2D eigenvalue weighted by Crippen LogP contribution is -1.91. The Kier molecular flexibility index (Phi) is 1.85. The average molecular weight is 119 g/mol. The van der Waals surface area contributed by atoms with Crippen LogP contribution in [0.1, 0.15) is 0 Å². The summed E-state index contributed by atoms with van der Waals surface area (Å²) in [6.45, 7) is 0. The molecule has 1 amide bonds. The van der Waals surface area contributed by atoms with E-state index in [0.717, 1.165) is 0 Å². The summed E-state index contributed by atoms with van der Waals surface area (Å²) in [5.74, 6) is 0. The van der Waals surface area contributed by atoms with Gasteiger partial charge in [-0.15, -0.1) is 0 Å². The zero-order chi connectivity index (χ0) is 6.53. The van der Waals surface area contributed by atoms with Gasteiger partial charge in [-0.2, -0.15) is 0 Å². The summed E-state index contributed by atoms with van der Waals surface area (Å²) in [5.41, 5.74) is 0.715. The summed E-state index contributed by atoms with van der Waals surface area (Å²) >= 11 is 0. The van der Waals surface area contributed by atoms with Crippen molar-refractivity contribution in [1.29, 1.82) is 0 Å². The molecular weight excluding hydrogens is 114 g/mol. The maximum atomic E-state index is 9.84. The standard InChI is InChI=1S/C7H5NO/c9-6-8-7-4-2-1-3-5-7/h1,4-6H,(H,8,9). The zero-order valence-corrected chi connectivity index (χ0v) is 4.72. The van der Waals surface area contributed by atoms with Gasteiger partial charge in [-0.05, 0) is 30.3 Å². The van der Waals surface area contributed by atoms with Crippen molar-refractivity contribution in [3.63, 3.8) is 0 Å². The van der Waals surface area contributed by atoms with Crippen molar-refractivity contribution in [2.45, 2.75) is 0 Å². The van der Waals surface area contributed by atoms with Gasteiger partial charge < -0.3 is 5.32 Å². The number of amides is 1. The molecule has 0 bridgehead atoms. The summed E-state index contributed by atoms with van der Waals surface area (Å²) in [6.07, 6.45) is 0.622. The SMILES string of the molecule is O=CNc1c[c]c[c]c1. The smallest absolute Gasteiger partial charge is 0.211 e. The molecule has 0 fully saturated rings. The summed E-state index contributed by atoms with van der Waals surface area (Å²) < 4.78 is 0. The molecule has 9 heavy (non-hydrogen) atoms. The van der Waals surface area contributed by atoms with Crippen LogP contribution in [0, 0.1) is 12.1 Å². The van der Waals surface area contributed by atoms with E-state index < -0.39 is 0 Å². The number of carbonyl (C=O) groups excluding carboxylic acids is 1. The molecule has 0 unspecified atom stereocenters. The van der Waals surface area contributed by atoms with Gasteiger partial charge >= 0.3 is 0 Å². The first-order chi connectivity index (χ1) is 4.43. The minimum atomic E-state index is 0.622. The van der Waals surface area contributed by atoms with Gasteiger partial charge in [-0.25, -0.2) is 0 Å². The molecule has 1 aromatic rings. The number of carbonyl (C=O) groups is 1. The lowest BCUT2D eigenvalue weighted by molar-refractivity contribution is -0.105. The van der Waals surface area contributed by atoms with Crippen molar-refractivity contribution in [2.75, 3.05) is 5.32 Å². The fourth-order valence-electron chi connectivity index (χ4n) is 0.504. The van der Waals surface area contributed by atoms with Gasteiger partial charge in [-0.3, -0.25) is 4.79 Å². The number of rotatable bonds is 2. The number of anilines is 1. The second kappa shape index (κ2) is 2.87. The minimum absolute atomic E-state index is 0.622. The first-order valence-corrected chi connectivity index (χ1v) is 2.51. The average Bonchev–Trinajstić information content (AvgIpc) is 1.91. The molecule has 2 nitrogen and oxygen atoms in total. The predicted octanol–water partition coefficient (Wildman–Crippen LogP) is 0.855. The van der Waals surface area contributed by atoms with Crippen molar-refractivity contribution in [3.8, 4) is 0 Å². The van der Waals surface area contributed by atoms with Crippen molar-refractivity contribution >= 4 is 12.1 Å². The molecule has 2 radical (unpaired) electrons. The third-order valence-corrected chi connectivity index (χ3v) is 0.870. The number of hydrogen-bond acceptors (Lipinski definition) is 1. The van der Waals surface area contributed by atoms with Gasteiger partial charge in [0.1, 0.15) is 0 Å². The molecule has 44 valence electrons. The first-order valence-electron chi connectivity index (χ1n) is 2.51. The van der Waals surface area contributed by atoms with Crippen molar-refractivity contribution < 1.29 is 4.79 Å². The molecule has 0 aliphatic heterocycles. The molecule has 1 N–H and O–H groups in total. The van der Waals surface area contributed by atoms with Gasteiger partial charge in [0.25, 0.3) is 0 Å². The second-order valence-electron chi connectivity index (χ2n) is 1.48. The van der Waals surface area contributed by atoms with Crippen LogP contribution in [0.15, 0.2) is 18.2 Å². The van der Waals surface area contributed by atoms with Crippen LogP contribution in [0.25, 0.3) is 0 Å². The summed E-state index contributed by atoms with van der Waals surface area (Å²) in [5, 5.41) is 2.46. The molecule has 0 saturated heterocycles. The van der Waals surface area contributed by atoms with Crippen LogP contribution in [0.3, 0.4) is 0 Å². The fraction of sp³-hybridized carbons (Fsp3) is 0. The third kappa shape index (κ3) is 1.57. The predicted molar refractivity (Wildman–Crippen MR) is 33.8 cm³/mol. The van der Waals surface area contributed by atoms with E-state index in [1.54, 1.807) is 18.2 Å². The summed E-state index contributed by atoms with van der Waals surface area (Å²) in [4.78, 5) is 9.84. The van der Waals surface area contributed by atoms with E-state index in [-0.39, 0.29) is 0 Å². The minimum Gasteiger partial charge on any atom is -0.329 e. The maximum absolute atomic E-state index is 9.84. The molecule has 1 rings (SSSR count). The van der Waals surface area contributed by atoms with Crippen LogP contribution >= 0.6 is 0 Å². The Bertz CT molecular complexity index is 183. The number of benzene rings is 1. The first kappa shape index (κ1) is 5.82. The fourth-order valence-corrected chi connectivity index (χ4v) is 0.504. The lowest BCUT2D eigenvalue weighted by Gasteiger charge is -1.92. The lowest BCUT2D eigenvalue weighted by atomic mass is 10.3. The molecule has 0 atom stereocenters. The van der Waals surface area contributed by atoms with Crippen molar-refractivity contribution in [1.82, 2.24) is 0 Å². The third-order valence-electron chi connectivity index (χ3n) is 0.870. The molecule has 0 aliphatic carbocycles. The Hall–Kier alpha value is -1.31. The van der Waals surface area contributed by atoms with E-state index in [0.29, 0.717) is 12.1 Å². The van der Waals surface area contributed by atoms with Crippen LogP contribution in [0.4, 0.5) is 5.69 Å². The Balaban J connectivity index is 2.72. The molecule has 0 saturated carbocycles. The Morgan fingerprint density at radius 3 is 2.67 bits per heavy atom. The monoisotopic (exact) mass is 119 g/mol. The molecule has 0 aromatic heterocycles. The van der Waals surface area contributed by atoms with Crippen LogP contribution in [-0.2, 0) is 4.79 Å². The highest BCUT2D eigenvalue weighted by molar-refractivity contribution is 5.70. The Labute approximate surface area is 53.5 Å². The van der Waals surface area contributed by atoms with E-state index in [4.69, 9.17) is 0 Å². The quantitative estimate of drug-likeness (QED) is 0.574. The number of nitrogens with one attached hydrogen (secondary N) is 1. The molecule has 0 aliphatic rings. The van der Waals surface area contributed by atoms with E-state index >= 15 is 0 Å². The van der Waals surface area contributed by atoms with Crippen LogP contribution in [-0.4, -0.2) is 6.41 Å². The van der Waals surface area contributed by atoms with Gasteiger partial charge in [0.15, 0.2) is 0 Å². The summed E-state index contributed by atoms with van der Waals surface area (Å²) in [6, 6.07) is 10.5. The largest absolute Gasteiger partial charge is 0.329 e. The molecule has 0 spiro atoms. The molecule has 0 heterocycles. The van der Waals surface area contributed by atoms with E-state index in [9.17, 15) is 4.79 Å². The van der Waals surface area contributed by atoms with Gasteiger partial charge in [-0.1, -0.05) is 0 Å². The normalized spacial score (nSPS) is 8.44. The van der Waals surface area contributed by atoms with E-state index in [2.05, 4.69) is 17.4 Å². The molecular formula is C7H5NO. The highest BCUT2D eigenvalue weighted by Gasteiger charge is 1.82. The van der Waals surface area contributed by atoms with Gasteiger partial charge in [0.05, 0.1) is 0 Å². The van der Waals surface area contributed by atoms with Gasteiger partial charge in [0.2, 0.25) is 6.41 Å². The summed E-state index contributed by atoms with van der Waals surface area (Å²) in [7, 11) is 0. The molecule has 1 aromatic carbocycles. The van der Waals surface area contributed by atoms with E-state index in [1.807, 2.05) is 0 Å².